The minimum Gasteiger partial charge on any atom is -0.493 e. The van der Waals surface area contributed by atoms with E-state index in [1.807, 2.05) is 4.90 Å². The highest BCUT2D eigenvalue weighted by atomic mass is 16.5. The van der Waals surface area contributed by atoms with Gasteiger partial charge < -0.3 is 29.3 Å². The van der Waals surface area contributed by atoms with E-state index in [9.17, 15) is 9.59 Å². The van der Waals surface area contributed by atoms with E-state index in [4.69, 9.17) is 14.2 Å². The molecule has 2 aliphatic rings. The van der Waals surface area contributed by atoms with Crippen LogP contribution in [-0.2, 0) is 4.79 Å². The van der Waals surface area contributed by atoms with Crippen molar-refractivity contribution in [1.29, 1.82) is 0 Å². The lowest BCUT2D eigenvalue weighted by Crippen LogP contribution is -2.59. The number of rotatable bonds is 5. The Labute approximate surface area is 159 Å². The number of likely N-dealkylation sites (tertiary alicyclic amines) is 1. The molecule has 2 saturated heterocycles. The van der Waals surface area contributed by atoms with Crippen molar-refractivity contribution in [3.8, 4) is 17.2 Å². The fourth-order valence-electron chi connectivity index (χ4n) is 3.74. The maximum Gasteiger partial charge on any atom is 0.258 e. The molecule has 0 radical (unpaired) electrons. The van der Waals surface area contributed by atoms with E-state index in [1.165, 1.54) is 21.3 Å². The molecule has 0 spiro atoms. The zero-order valence-electron chi connectivity index (χ0n) is 16.1. The average Bonchev–Trinajstić information content (AvgIpc) is 3.26. The normalized spacial score (nSPS) is 19.7. The summed E-state index contributed by atoms with van der Waals surface area (Å²) in [6, 6.07) is 2.82. The molecule has 0 saturated carbocycles. The number of carbonyl (C=O) groups excluding carboxylic acids is 2. The molecule has 148 valence electrons. The van der Waals surface area contributed by atoms with Gasteiger partial charge in [-0.3, -0.25) is 9.59 Å². The maximum atomic E-state index is 13.3. The standard InChI is InChI=1S/C19H27N3O5/c1-25-15-7-6-13(16(26-2)17(15)27-3)18(23)22-11-8-20-12-14(22)19(24)21-9-4-5-10-21/h6-7,14,20H,4-5,8-12H2,1-3H3. The molecule has 2 fully saturated rings. The molecular formula is C19H27N3O5. The predicted octanol–water partition coefficient (Wildman–Crippen LogP) is 0.749. The number of nitrogens with zero attached hydrogens (tertiary/aromatic N) is 2. The molecule has 0 aromatic heterocycles. The third-order valence-electron chi connectivity index (χ3n) is 5.14. The summed E-state index contributed by atoms with van der Waals surface area (Å²) in [5.74, 6) is 0.923. The first-order chi connectivity index (χ1) is 13.1. The molecule has 1 atom stereocenters. The molecule has 1 N–H and O–H groups in total. The van der Waals surface area contributed by atoms with Gasteiger partial charge in [-0.2, -0.15) is 0 Å². The predicted molar refractivity (Wildman–Crippen MR) is 99.6 cm³/mol. The number of methoxy groups -OCH3 is 3. The molecule has 27 heavy (non-hydrogen) atoms. The fourth-order valence-corrected chi connectivity index (χ4v) is 3.74. The topological polar surface area (TPSA) is 80.3 Å². The lowest BCUT2D eigenvalue weighted by molar-refractivity contribution is -0.135. The Kier molecular flexibility index (Phi) is 6.05. The third-order valence-corrected chi connectivity index (χ3v) is 5.14. The van der Waals surface area contributed by atoms with Crippen LogP contribution in [0, 0.1) is 0 Å². The van der Waals surface area contributed by atoms with E-state index in [2.05, 4.69) is 5.32 Å². The fraction of sp³-hybridized carbons (Fsp3) is 0.579. The van der Waals surface area contributed by atoms with Crippen molar-refractivity contribution in [2.75, 3.05) is 54.1 Å². The highest BCUT2D eigenvalue weighted by molar-refractivity contribution is 6.01. The maximum absolute atomic E-state index is 13.3. The number of carbonyl (C=O) groups is 2. The molecule has 1 aromatic carbocycles. The van der Waals surface area contributed by atoms with Gasteiger partial charge in [-0.25, -0.2) is 0 Å². The third kappa shape index (κ3) is 3.66. The summed E-state index contributed by atoms with van der Waals surface area (Å²) < 4.78 is 16.1. The van der Waals surface area contributed by atoms with Crippen molar-refractivity contribution in [2.24, 2.45) is 0 Å². The molecule has 1 unspecified atom stereocenters. The van der Waals surface area contributed by atoms with Gasteiger partial charge in [0, 0.05) is 32.7 Å². The van der Waals surface area contributed by atoms with E-state index >= 15 is 0 Å². The van der Waals surface area contributed by atoms with E-state index in [1.54, 1.807) is 17.0 Å². The number of nitrogens with one attached hydrogen (secondary N) is 1. The van der Waals surface area contributed by atoms with Crippen LogP contribution in [0.15, 0.2) is 12.1 Å². The lowest BCUT2D eigenvalue weighted by atomic mass is 10.1. The Balaban J connectivity index is 1.91. The SMILES string of the molecule is COc1ccc(C(=O)N2CCNCC2C(=O)N2CCCC2)c(OC)c1OC. The van der Waals surface area contributed by atoms with Gasteiger partial charge in [-0.15, -0.1) is 0 Å². The first-order valence-corrected chi connectivity index (χ1v) is 9.21. The van der Waals surface area contributed by atoms with Gasteiger partial charge in [0.05, 0.1) is 26.9 Å². The number of benzene rings is 1. The van der Waals surface area contributed by atoms with Crippen LogP contribution in [0.3, 0.4) is 0 Å². The van der Waals surface area contributed by atoms with Crippen molar-refractivity contribution >= 4 is 11.8 Å². The number of amides is 2. The van der Waals surface area contributed by atoms with E-state index in [0.717, 1.165) is 25.9 Å². The van der Waals surface area contributed by atoms with Crippen LogP contribution in [0.25, 0.3) is 0 Å². The molecular weight excluding hydrogens is 350 g/mol. The van der Waals surface area contributed by atoms with Gasteiger partial charge in [0.15, 0.2) is 11.5 Å². The molecule has 8 nitrogen and oxygen atoms in total. The quantitative estimate of drug-likeness (QED) is 0.816. The smallest absolute Gasteiger partial charge is 0.258 e. The molecule has 1 aromatic rings. The summed E-state index contributed by atoms with van der Waals surface area (Å²) in [6.45, 7) is 3.08. The molecule has 0 bridgehead atoms. The first kappa shape index (κ1) is 19.3. The second-order valence-electron chi connectivity index (χ2n) is 6.63. The van der Waals surface area contributed by atoms with Crippen molar-refractivity contribution in [3.63, 3.8) is 0 Å². The highest BCUT2D eigenvalue weighted by Crippen LogP contribution is 2.40. The van der Waals surface area contributed by atoms with Crippen LogP contribution in [0.2, 0.25) is 0 Å². The molecule has 0 aliphatic carbocycles. The first-order valence-electron chi connectivity index (χ1n) is 9.21. The summed E-state index contributed by atoms with van der Waals surface area (Å²) in [4.78, 5) is 29.8. The van der Waals surface area contributed by atoms with Gasteiger partial charge in [-0.1, -0.05) is 0 Å². The largest absolute Gasteiger partial charge is 0.493 e. The Morgan fingerprint density at radius 2 is 1.70 bits per heavy atom. The van der Waals surface area contributed by atoms with Crippen LogP contribution in [0.4, 0.5) is 0 Å². The number of piperazine rings is 1. The number of hydrogen-bond donors (Lipinski definition) is 1. The second kappa shape index (κ2) is 8.47. The summed E-state index contributed by atoms with van der Waals surface area (Å²) in [6.07, 6.45) is 2.03. The van der Waals surface area contributed by atoms with Crippen LogP contribution in [0.5, 0.6) is 17.2 Å². The van der Waals surface area contributed by atoms with E-state index in [-0.39, 0.29) is 11.8 Å². The van der Waals surface area contributed by atoms with Gasteiger partial charge in [-0.05, 0) is 25.0 Å². The van der Waals surface area contributed by atoms with Gasteiger partial charge in [0.25, 0.3) is 5.91 Å². The Morgan fingerprint density at radius 1 is 1.00 bits per heavy atom. The Bertz CT molecular complexity index is 703. The van der Waals surface area contributed by atoms with Crippen LogP contribution < -0.4 is 19.5 Å². The average molecular weight is 377 g/mol. The Hall–Kier alpha value is -2.48. The highest BCUT2D eigenvalue weighted by Gasteiger charge is 2.37. The van der Waals surface area contributed by atoms with Crippen molar-refractivity contribution < 1.29 is 23.8 Å². The molecule has 8 heteroatoms. The van der Waals surface area contributed by atoms with Gasteiger partial charge in [0.2, 0.25) is 11.7 Å². The summed E-state index contributed by atoms with van der Waals surface area (Å²) in [7, 11) is 4.51. The summed E-state index contributed by atoms with van der Waals surface area (Å²) in [5.41, 5.74) is 0.358. The van der Waals surface area contributed by atoms with Crippen molar-refractivity contribution in [2.45, 2.75) is 18.9 Å². The zero-order chi connectivity index (χ0) is 19.4. The number of hydrogen-bond acceptors (Lipinski definition) is 6. The monoisotopic (exact) mass is 377 g/mol. The van der Waals surface area contributed by atoms with E-state index < -0.39 is 6.04 Å². The number of ether oxygens (including phenoxy) is 3. The van der Waals surface area contributed by atoms with E-state index in [0.29, 0.717) is 42.4 Å². The molecule has 2 amide bonds. The second-order valence-corrected chi connectivity index (χ2v) is 6.63. The zero-order valence-corrected chi connectivity index (χ0v) is 16.1. The van der Waals surface area contributed by atoms with Crippen molar-refractivity contribution in [1.82, 2.24) is 15.1 Å². The Morgan fingerprint density at radius 3 is 2.33 bits per heavy atom. The molecule has 2 heterocycles. The van der Waals surface area contributed by atoms with Gasteiger partial charge in [0.1, 0.15) is 6.04 Å². The lowest BCUT2D eigenvalue weighted by Gasteiger charge is -2.37. The summed E-state index contributed by atoms with van der Waals surface area (Å²) >= 11 is 0. The van der Waals surface area contributed by atoms with Crippen LogP contribution >= 0.6 is 0 Å². The van der Waals surface area contributed by atoms with Crippen LogP contribution in [0.1, 0.15) is 23.2 Å². The minimum atomic E-state index is -0.512. The molecule has 3 rings (SSSR count). The minimum absolute atomic E-state index is 0.00694. The summed E-state index contributed by atoms with van der Waals surface area (Å²) in [5, 5.41) is 3.23. The van der Waals surface area contributed by atoms with Crippen LogP contribution in [-0.4, -0.2) is 81.7 Å². The van der Waals surface area contributed by atoms with Crippen molar-refractivity contribution in [3.05, 3.63) is 17.7 Å². The molecule has 2 aliphatic heterocycles. The van der Waals surface area contributed by atoms with Gasteiger partial charge >= 0.3 is 0 Å².